The van der Waals surface area contributed by atoms with Crippen LogP contribution in [0, 0.1) is 0 Å². The van der Waals surface area contributed by atoms with Gasteiger partial charge in [-0.25, -0.2) is 0 Å². The number of hydrogen-bond donors (Lipinski definition) is 9. The highest BCUT2D eigenvalue weighted by Crippen LogP contribution is 2.12. The van der Waals surface area contributed by atoms with Gasteiger partial charge in [0.05, 0.1) is 49.7 Å². The van der Waals surface area contributed by atoms with Gasteiger partial charge in [-0.2, -0.15) is 8.42 Å². The molecule has 0 aromatic heterocycles. The number of nitrogens with one attached hydrogen (secondary N) is 1. The minimum absolute atomic E-state index is 0.404. The van der Waals surface area contributed by atoms with Crippen LogP contribution in [0.25, 0.3) is 0 Å². The van der Waals surface area contributed by atoms with E-state index in [1.54, 1.807) is 0 Å². The molecule has 0 saturated heterocycles. The molecule has 0 aromatic rings. The third kappa shape index (κ3) is 15.5. The van der Waals surface area contributed by atoms with E-state index in [0.717, 1.165) is 25.7 Å². The third-order valence-corrected chi connectivity index (χ3v) is 4.14. The predicted molar refractivity (Wildman–Crippen MR) is 102 cm³/mol. The van der Waals surface area contributed by atoms with Gasteiger partial charge in [0.15, 0.2) is 0 Å². The molecule has 0 aliphatic carbocycles. The molecule has 0 saturated carbocycles. The Hall–Kier alpha value is -0.410. The summed E-state index contributed by atoms with van der Waals surface area (Å²) in [7, 11) is -4.67. The molecule has 0 bridgehead atoms. The Balaban J connectivity index is 0. The van der Waals surface area contributed by atoms with Gasteiger partial charge in [0.25, 0.3) is 0 Å². The van der Waals surface area contributed by atoms with Crippen molar-refractivity contribution in [2.45, 2.75) is 88.9 Å². The van der Waals surface area contributed by atoms with Gasteiger partial charge in [-0.05, 0) is 12.8 Å². The van der Waals surface area contributed by atoms with Gasteiger partial charge in [0.1, 0.15) is 0 Å². The molecule has 0 aliphatic rings. The Labute approximate surface area is 166 Å². The molecule has 0 rings (SSSR count). The maximum absolute atomic E-state index is 10.1. The van der Waals surface area contributed by atoms with Gasteiger partial charge in [-0.1, -0.05) is 39.5 Å². The van der Waals surface area contributed by atoms with E-state index in [1.807, 2.05) is 13.8 Å². The van der Waals surface area contributed by atoms with Crippen LogP contribution >= 0.6 is 0 Å². The average molecular weight is 436 g/mol. The smallest absolute Gasteiger partial charge is 0.394 e. The maximum atomic E-state index is 10.1. The van der Waals surface area contributed by atoms with Crippen molar-refractivity contribution in [3.8, 4) is 0 Å². The summed E-state index contributed by atoms with van der Waals surface area (Å²) in [6.07, 6.45) is -0.382. The number of hydrogen-bond acceptors (Lipinski definition) is 9. The van der Waals surface area contributed by atoms with Crippen LogP contribution in [0.1, 0.15) is 52.4 Å². The first-order valence-electron chi connectivity index (χ1n) is 9.32. The third-order valence-electron chi connectivity index (χ3n) is 4.14. The van der Waals surface area contributed by atoms with Crippen molar-refractivity contribution in [3.63, 3.8) is 0 Å². The zero-order chi connectivity index (χ0) is 22.3. The van der Waals surface area contributed by atoms with Gasteiger partial charge >= 0.3 is 10.4 Å². The fraction of sp³-hybridized carbons (Fsp3) is 1.00. The predicted octanol–water partition coefficient (Wildman–Crippen LogP) is -1.53. The lowest BCUT2D eigenvalue weighted by atomic mass is 9.97. The highest BCUT2D eigenvalue weighted by molar-refractivity contribution is 7.79. The number of rotatable bonds is 14. The Morgan fingerprint density at radius 2 is 1.04 bits per heavy atom. The van der Waals surface area contributed by atoms with E-state index >= 15 is 0 Å². The molecule has 11 nitrogen and oxygen atoms in total. The van der Waals surface area contributed by atoms with Gasteiger partial charge in [0.2, 0.25) is 0 Å². The second-order valence-electron chi connectivity index (χ2n) is 6.59. The average Bonchev–Trinajstić information content (AvgIpc) is 2.62. The van der Waals surface area contributed by atoms with Crippen molar-refractivity contribution in [1.82, 2.24) is 5.32 Å². The molecule has 0 radical (unpaired) electrons. The zero-order valence-electron chi connectivity index (χ0n) is 16.4. The van der Waals surface area contributed by atoms with Crippen LogP contribution in [0.15, 0.2) is 0 Å². The topological polar surface area (TPSA) is 208 Å². The molecule has 0 fully saturated rings. The van der Waals surface area contributed by atoms with Gasteiger partial charge < -0.3 is 36.0 Å². The quantitative estimate of drug-likeness (QED) is 0.143. The molecule has 28 heavy (non-hydrogen) atoms. The molecule has 0 amide bonds. The van der Waals surface area contributed by atoms with Crippen molar-refractivity contribution in [3.05, 3.63) is 0 Å². The lowest BCUT2D eigenvalue weighted by Gasteiger charge is -2.33. The van der Waals surface area contributed by atoms with Crippen molar-refractivity contribution in [1.29, 1.82) is 0 Å². The summed E-state index contributed by atoms with van der Waals surface area (Å²) in [5, 5.41) is 61.7. The van der Waals surface area contributed by atoms with E-state index in [-0.39, 0.29) is 0 Å². The maximum Gasteiger partial charge on any atom is 0.394 e. The van der Waals surface area contributed by atoms with Gasteiger partial charge in [-0.3, -0.25) is 9.11 Å². The van der Waals surface area contributed by atoms with Crippen LogP contribution in [0.5, 0.6) is 0 Å². The first-order valence-corrected chi connectivity index (χ1v) is 10.7. The summed E-state index contributed by atoms with van der Waals surface area (Å²) < 4.78 is 31.6. The number of aliphatic hydroxyl groups is 6. The lowest BCUT2D eigenvalue weighted by molar-refractivity contribution is -0.0512. The Bertz CT molecular complexity index is 430. The molecule has 0 aromatic carbocycles. The summed E-state index contributed by atoms with van der Waals surface area (Å²) in [4.78, 5) is 0. The van der Waals surface area contributed by atoms with Crippen LogP contribution in [0.3, 0.4) is 0 Å². The summed E-state index contributed by atoms with van der Waals surface area (Å²) in [6, 6.07) is -1.79. The fourth-order valence-electron chi connectivity index (χ4n) is 2.50. The molecule has 0 unspecified atom stereocenters. The number of aliphatic hydroxyl groups excluding tert-OH is 6. The van der Waals surface area contributed by atoms with Crippen LogP contribution in [-0.4, -0.2) is 97.9 Å². The molecule has 0 spiro atoms. The summed E-state index contributed by atoms with van der Waals surface area (Å²) in [5.74, 6) is 0. The van der Waals surface area contributed by atoms with E-state index in [9.17, 15) is 30.6 Å². The summed E-state index contributed by atoms with van der Waals surface area (Å²) in [6.45, 7) is 3.02. The highest BCUT2D eigenvalue weighted by Gasteiger charge is 2.32. The minimum atomic E-state index is -4.67. The van der Waals surface area contributed by atoms with E-state index in [0.29, 0.717) is 12.8 Å². The normalized spacial score (nSPS) is 18.4. The zero-order valence-corrected chi connectivity index (χ0v) is 17.2. The van der Waals surface area contributed by atoms with E-state index in [4.69, 9.17) is 17.5 Å². The van der Waals surface area contributed by atoms with Gasteiger partial charge in [0, 0.05) is 0 Å². The SMILES string of the molecule is CCCC[C@@H](O)[C@@H](O)[C@H](CO)N[C@@H](CO)[C@H](O)[C@H](O)CCCC.O=S(=O)(O)O. The largest absolute Gasteiger partial charge is 0.395 e. The molecule has 0 heterocycles. The standard InChI is InChI=1S/C16H35NO6.H2O4S/c1-3-5-7-13(20)15(22)11(9-18)17-12(10-19)16(23)14(21)8-6-4-2;1-5(2,3)4/h11-23H,3-10H2,1-2H3;(H2,1,2,3,4)/t11-,12-,13+,14+,15-,16-;/m0./s1. The van der Waals surface area contributed by atoms with Crippen molar-refractivity contribution < 1.29 is 48.2 Å². The molecule has 12 heteroatoms. The monoisotopic (exact) mass is 435 g/mol. The molecule has 172 valence electrons. The molecular weight excluding hydrogens is 398 g/mol. The van der Waals surface area contributed by atoms with Crippen LogP contribution in [-0.2, 0) is 10.4 Å². The summed E-state index contributed by atoms with van der Waals surface area (Å²) in [5.41, 5.74) is 0. The Morgan fingerprint density at radius 1 is 0.750 bits per heavy atom. The molecule has 6 atom stereocenters. The lowest BCUT2D eigenvalue weighted by Crippen LogP contribution is -2.58. The van der Waals surface area contributed by atoms with Crippen molar-refractivity contribution >= 4 is 10.4 Å². The first-order chi connectivity index (χ1) is 12.9. The highest BCUT2D eigenvalue weighted by atomic mass is 32.3. The fourth-order valence-corrected chi connectivity index (χ4v) is 2.50. The Kier molecular flexibility index (Phi) is 17.4. The van der Waals surface area contributed by atoms with Crippen LogP contribution in [0.4, 0.5) is 0 Å². The molecular formula is C16H37NO10S. The Morgan fingerprint density at radius 3 is 1.25 bits per heavy atom. The first kappa shape index (κ1) is 29.8. The second-order valence-corrected chi connectivity index (χ2v) is 7.49. The minimum Gasteiger partial charge on any atom is -0.395 e. The molecule has 0 aliphatic heterocycles. The molecule has 9 N–H and O–H groups in total. The second kappa shape index (κ2) is 16.4. The van der Waals surface area contributed by atoms with E-state index in [2.05, 4.69) is 5.32 Å². The number of unbranched alkanes of at least 4 members (excludes halogenated alkanes) is 2. The van der Waals surface area contributed by atoms with Crippen LogP contribution < -0.4 is 5.32 Å². The van der Waals surface area contributed by atoms with Crippen molar-refractivity contribution in [2.24, 2.45) is 0 Å². The van der Waals surface area contributed by atoms with Gasteiger partial charge in [-0.15, -0.1) is 0 Å². The summed E-state index contributed by atoms with van der Waals surface area (Å²) >= 11 is 0. The van der Waals surface area contributed by atoms with E-state index in [1.165, 1.54) is 0 Å². The van der Waals surface area contributed by atoms with E-state index < -0.39 is 60.1 Å². The van der Waals surface area contributed by atoms with Crippen LogP contribution in [0.2, 0.25) is 0 Å². The van der Waals surface area contributed by atoms with Crippen molar-refractivity contribution in [2.75, 3.05) is 13.2 Å².